The Morgan fingerprint density at radius 2 is 2.00 bits per heavy atom. The molecule has 1 aromatic carbocycles. The van der Waals surface area contributed by atoms with Gasteiger partial charge < -0.3 is 4.74 Å². The molecule has 0 saturated carbocycles. The van der Waals surface area contributed by atoms with Crippen molar-refractivity contribution in [1.29, 1.82) is 0 Å². The first kappa shape index (κ1) is 14.0. The van der Waals surface area contributed by atoms with E-state index in [1.807, 2.05) is 0 Å². The number of sulfone groups is 1. The third kappa shape index (κ3) is 4.39. The molecule has 1 atom stereocenters. The minimum Gasteiger partial charge on any atom is -0.363 e. The predicted molar refractivity (Wildman–Crippen MR) is 67.8 cm³/mol. The normalized spacial score (nSPS) is 12.9. The van der Waals surface area contributed by atoms with Crippen molar-refractivity contribution in [2.45, 2.75) is 11.0 Å². The third-order valence-electron chi connectivity index (χ3n) is 2.08. The largest absolute Gasteiger partial charge is 0.363 e. The highest BCUT2D eigenvalue weighted by molar-refractivity contribution is 7.91. The lowest BCUT2D eigenvalue weighted by Gasteiger charge is -2.13. The number of halogens is 1. The van der Waals surface area contributed by atoms with Crippen LogP contribution < -0.4 is 0 Å². The standard InChI is InChI=1S/C12H13ClO3S/c1-2-8-16-11(9-13)10-17(14,15)12-6-4-3-5-7-12/h1,3-7,11H,8-10H2. The average Bonchev–Trinajstić information content (AvgIpc) is 2.35. The van der Waals surface area contributed by atoms with Crippen LogP contribution in [-0.4, -0.2) is 32.8 Å². The van der Waals surface area contributed by atoms with E-state index in [1.54, 1.807) is 30.3 Å². The lowest BCUT2D eigenvalue weighted by molar-refractivity contribution is 0.111. The first-order chi connectivity index (χ1) is 8.10. The van der Waals surface area contributed by atoms with Crippen molar-refractivity contribution in [1.82, 2.24) is 0 Å². The highest BCUT2D eigenvalue weighted by atomic mass is 35.5. The van der Waals surface area contributed by atoms with Crippen molar-refractivity contribution >= 4 is 21.4 Å². The lowest BCUT2D eigenvalue weighted by atomic mass is 10.4. The van der Waals surface area contributed by atoms with Crippen molar-refractivity contribution in [3.8, 4) is 12.3 Å². The Morgan fingerprint density at radius 1 is 1.35 bits per heavy atom. The maximum atomic E-state index is 12.0. The van der Waals surface area contributed by atoms with Gasteiger partial charge >= 0.3 is 0 Å². The van der Waals surface area contributed by atoms with Gasteiger partial charge in [0, 0.05) is 5.88 Å². The molecule has 1 unspecified atom stereocenters. The molecule has 5 heteroatoms. The molecular weight excluding hydrogens is 260 g/mol. The van der Waals surface area contributed by atoms with E-state index in [9.17, 15) is 8.42 Å². The van der Waals surface area contributed by atoms with Gasteiger partial charge in [0.05, 0.1) is 16.8 Å². The van der Waals surface area contributed by atoms with Crippen LogP contribution in [-0.2, 0) is 14.6 Å². The maximum absolute atomic E-state index is 12.0. The summed E-state index contributed by atoms with van der Waals surface area (Å²) >= 11 is 5.64. The second-order valence-corrected chi connectivity index (χ2v) is 5.73. The van der Waals surface area contributed by atoms with Crippen LogP contribution in [0.25, 0.3) is 0 Å². The molecule has 0 aliphatic heterocycles. The Morgan fingerprint density at radius 3 is 2.53 bits per heavy atom. The Kier molecular flexibility index (Phi) is 5.49. The zero-order chi connectivity index (χ0) is 12.7. The number of hydrogen-bond donors (Lipinski definition) is 0. The van der Waals surface area contributed by atoms with Gasteiger partial charge in [-0.25, -0.2) is 8.42 Å². The van der Waals surface area contributed by atoms with Crippen LogP contribution in [0, 0.1) is 12.3 Å². The highest BCUT2D eigenvalue weighted by Gasteiger charge is 2.20. The van der Waals surface area contributed by atoms with Crippen LogP contribution in [0.1, 0.15) is 0 Å². The number of rotatable bonds is 6. The second-order valence-electron chi connectivity index (χ2n) is 3.39. The van der Waals surface area contributed by atoms with Crippen molar-refractivity contribution < 1.29 is 13.2 Å². The van der Waals surface area contributed by atoms with Crippen molar-refractivity contribution in [2.75, 3.05) is 18.2 Å². The molecule has 92 valence electrons. The molecule has 1 aromatic rings. The highest BCUT2D eigenvalue weighted by Crippen LogP contribution is 2.13. The number of benzene rings is 1. The Hall–Kier alpha value is -1.02. The molecule has 3 nitrogen and oxygen atoms in total. The summed E-state index contributed by atoms with van der Waals surface area (Å²) in [5.74, 6) is 2.21. The number of hydrogen-bond acceptors (Lipinski definition) is 3. The van der Waals surface area contributed by atoms with Crippen LogP contribution >= 0.6 is 11.6 Å². The Bertz CT molecular complexity index is 476. The van der Waals surface area contributed by atoms with Gasteiger partial charge in [0.2, 0.25) is 0 Å². The summed E-state index contributed by atoms with van der Waals surface area (Å²) in [6, 6.07) is 8.19. The van der Waals surface area contributed by atoms with Gasteiger partial charge in [-0.2, -0.15) is 0 Å². The Labute approximate surface area is 107 Å². The monoisotopic (exact) mass is 272 g/mol. The van der Waals surface area contributed by atoms with E-state index in [4.69, 9.17) is 22.8 Å². The molecule has 0 radical (unpaired) electrons. The summed E-state index contributed by atoms with van der Waals surface area (Å²) in [6.07, 6.45) is 4.45. The molecule has 0 fully saturated rings. The van der Waals surface area contributed by atoms with Gasteiger partial charge in [-0.3, -0.25) is 0 Å². The summed E-state index contributed by atoms with van der Waals surface area (Å²) < 4.78 is 29.1. The SMILES string of the molecule is C#CCOC(CCl)CS(=O)(=O)c1ccccc1. The van der Waals surface area contributed by atoms with Crippen LogP contribution in [0.5, 0.6) is 0 Å². The summed E-state index contributed by atoms with van der Waals surface area (Å²) in [6.45, 7) is 0.0572. The van der Waals surface area contributed by atoms with Gasteiger partial charge in [-0.1, -0.05) is 24.1 Å². The smallest absolute Gasteiger partial charge is 0.180 e. The van der Waals surface area contributed by atoms with E-state index in [0.717, 1.165) is 0 Å². The zero-order valence-corrected chi connectivity index (χ0v) is 10.7. The number of terminal acetylenes is 1. The van der Waals surface area contributed by atoms with Crippen molar-refractivity contribution in [3.63, 3.8) is 0 Å². The van der Waals surface area contributed by atoms with Crippen molar-refractivity contribution in [2.24, 2.45) is 0 Å². The third-order valence-corrected chi connectivity index (χ3v) is 4.23. The minimum atomic E-state index is -3.38. The molecular formula is C12H13ClO3S. The van der Waals surface area contributed by atoms with E-state index >= 15 is 0 Å². The van der Waals surface area contributed by atoms with Crippen LogP contribution in [0.4, 0.5) is 0 Å². The molecule has 0 amide bonds. The fraction of sp³-hybridized carbons (Fsp3) is 0.333. The van der Waals surface area contributed by atoms with Crippen molar-refractivity contribution in [3.05, 3.63) is 30.3 Å². The number of alkyl halides is 1. The first-order valence-corrected chi connectivity index (χ1v) is 7.17. The van der Waals surface area contributed by atoms with E-state index in [2.05, 4.69) is 5.92 Å². The summed E-state index contributed by atoms with van der Waals surface area (Å²) in [7, 11) is -3.38. The predicted octanol–water partition coefficient (Wildman–Crippen LogP) is 1.72. The quantitative estimate of drug-likeness (QED) is 0.585. The van der Waals surface area contributed by atoms with E-state index in [1.165, 1.54) is 0 Å². The van der Waals surface area contributed by atoms with Crippen LogP contribution in [0.15, 0.2) is 35.2 Å². The zero-order valence-electron chi connectivity index (χ0n) is 9.17. The van der Waals surface area contributed by atoms with Gasteiger partial charge in [0.1, 0.15) is 6.61 Å². The minimum absolute atomic E-state index is 0.0572. The second kappa shape index (κ2) is 6.65. The van der Waals surface area contributed by atoms with E-state index < -0.39 is 15.9 Å². The molecule has 0 aromatic heterocycles. The van der Waals surface area contributed by atoms with Gasteiger partial charge in [-0.05, 0) is 12.1 Å². The fourth-order valence-corrected chi connectivity index (χ4v) is 3.07. The molecule has 0 spiro atoms. The van der Waals surface area contributed by atoms with E-state index in [-0.39, 0.29) is 23.1 Å². The van der Waals surface area contributed by atoms with Crippen LogP contribution in [0.2, 0.25) is 0 Å². The van der Waals surface area contributed by atoms with E-state index in [0.29, 0.717) is 0 Å². The molecule has 0 aliphatic carbocycles. The first-order valence-electron chi connectivity index (χ1n) is 4.99. The maximum Gasteiger partial charge on any atom is 0.180 e. The molecule has 0 aliphatic rings. The average molecular weight is 273 g/mol. The summed E-state index contributed by atoms with van der Waals surface area (Å²) in [4.78, 5) is 0.263. The van der Waals surface area contributed by atoms with Gasteiger partial charge in [0.25, 0.3) is 0 Å². The topological polar surface area (TPSA) is 43.4 Å². The van der Waals surface area contributed by atoms with Gasteiger partial charge in [-0.15, -0.1) is 18.0 Å². The molecule has 1 rings (SSSR count). The molecule has 0 bridgehead atoms. The van der Waals surface area contributed by atoms with Gasteiger partial charge in [0.15, 0.2) is 9.84 Å². The Balaban J connectivity index is 2.76. The molecule has 17 heavy (non-hydrogen) atoms. The number of ether oxygens (including phenoxy) is 1. The molecule has 0 N–H and O–H groups in total. The summed E-state index contributed by atoms with van der Waals surface area (Å²) in [5.41, 5.74) is 0. The lowest BCUT2D eigenvalue weighted by Crippen LogP contribution is -2.26. The molecule has 0 saturated heterocycles. The summed E-state index contributed by atoms with van der Waals surface area (Å²) in [5, 5.41) is 0. The van der Waals surface area contributed by atoms with Crippen LogP contribution in [0.3, 0.4) is 0 Å². The fourth-order valence-electron chi connectivity index (χ4n) is 1.27. The molecule has 0 heterocycles.